The van der Waals surface area contributed by atoms with Gasteiger partial charge in [0.25, 0.3) is 0 Å². The maximum atomic E-state index is 6.59. The molecular weight excluding hydrogens is 825 g/mol. The minimum absolute atomic E-state index is 0.636. The Morgan fingerprint density at radius 2 is 1.00 bits per heavy atom. The van der Waals surface area contributed by atoms with Crippen LogP contribution in [0.15, 0.2) is 191 Å². The van der Waals surface area contributed by atoms with Gasteiger partial charge in [-0.1, -0.05) is 127 Å². The highest BCUT2D eigenvalue weighted by Crippen LogP contribution is 2.44. The predicted molar refractivity (Wildman–Crippen MR) is 245 cm³/mol. The lowest BCUT2D eigenvalue weighted by Crippen LogP contribution is -2.03. The summed E-state index contributed by atoms with van der Waals surface area (Å²) in [5, 5.41) is 6.63. The van der Waals surface area contributed by atoms with E-state index in [2.05, 4.69) is 179 Å². The van der Waals surface area contributed by atoms with Gasteiger partial charge in [-0.25, -0.2) is 9.97 Å². The van der Waals surface area contributed by atoms with Gasteiger partial charge in [-0.15, -0.1) is 0 Å². The monoisotopic (exact) mass is 855 g/mol. The van der Waals surface area contributed by atoms with Gasteiger partial charge >= 0.3 is 0 Å². The van der Waals surface area contributed by atoms with Crippen molar-refractivity contribution in [1.82, 2.24) is 14.5 Å². The number of aromatic nitrogens is 3. The molecule has 0 aliphatic rings. The third kappa shape index (κ3) is 5.08. The van der Waals surface area contributed by atoms with Crippen molar-refractivity contribution >= 4 is 88.3 Å². The Morgan fingerprint density at radius 1 is 0.397 bits per heavy atom. The van der Waals surface area contributed by atoms with E-state index in [1.54, 1.807) is 0 Å². The average Bonchev–Trinajstić information content (AvgIpc) is 3.95. The molecule has 0 aliphatic carbocycles. The Kier molecular flexibility index (Phi) is 7.43. The average molecular weight is 856 g/mol. The molecule has 0 spiro atoms. The molecule has 4 heterocycles. The highest BCUT2D eigenvalue weighted by molar-refractivity contribution is 14.1. The standard InChI is InChI=1S/C52H30IN3O2/c53-49-50(32-17-5-2-6-18-32)54-52(55-51(49)33-27-38(31-15-3-1-4-16-31)48-37-22-10-14-26-45(37)58-47(48)28-33)36-21-8-12-24-42(36)56-41-23-11-7-19-34(41)39-30-46-40(29-43(39)56)35-20-9-13-25-44(35)57-46/h1-30H. The van der Waals surface area contributed by atoms with E-state index in [0.717, 1.165) is 114 Å². The van der Waals surface area contributed by atoms with Gasteiger partial charge in [0.1, 0.15) is 22.3 Å². The van der Waals surface area contributed by atoms with Crippen molar-refractivity contribution in [1.29, 1.82) is 0 Å². The zero-order valence-electron chi connectivity index (χ0n) is 30.9. The summed E-state index contributed by atoms with van der Waals surface area (Å²) in [5.41, 5.74) is 13.4. The number of halogens is 1. The van der Waals surface area contributed by atoms with Crippen molar-refractivity contribution in [3.63, 3.8) is 0 Å². The number of nitrogens with zero attached hydrogens (tertiary/aromatic N) is 3. The van der Waals surface area contributed by atoms with E-state index >= 15 is 0 Å². The summed E-state index contributed by atoms with van der Waals surface area (Å²) in [6, 6.07) is 63.4. The van der Waals surface area contributed by atoms with E-state index in [1.807, 2.05) is 30.3 Å². The van der Waals surface area contributed by atoms with Gasteiger partial charge in [-0.2, -0.15) is 0 Å². The van der Waals surface area contributed by atoms with Crippen molar-refractivity contribution < 1.29 is 8.83 Å². The molecule has 0 saturated heterocycles. The van der Waals surface area contributed by atoms with Gasteiger partial charge in [-0.05, 0) is 88.3 Å². The fourth-order valence-corrected chi connectivity index (χ4v) is 9.55. The molecule has 0 bridgehead atoms. The van der Waals surface area contributed by atoms with Gasteiger partial charge in [0.15, 0.2) is 5.82 Å². The van der Waals surface area contributed by atoms with Crippen molar-refractivity contribution in [3.8, 4) is 50.7 Å². The first-order valence-corrected chi connectivity index (χ1v) is 20.3. The number of hydrogen-bond donors (Lipinski definition) is 0. The molecule has 0 unspecified atom stereocenters. The second-order valence-electron chi connectivity index (χ2n) is 14.6. The lowest BCUT2D eigenvalue weighted by molar-refractivity contribution is 0.669. The van der Waals surface area contributed by atoms with Gasteiger partial charge in [0.05, 0.1) is 31.7 Å². The number of benzene rings is 8. The Bertz CT molecular complexity index is 3580. The summed E-state index contributed by atoms with van der Waals surface area (Å²) < 4.78 is 16.3. The van der Waals surface area contributed by atoms with E-state index in [-0.39, 0.29) is 0 Å². The third-order valence-corrected chi connectivity index (χ3v) is 12.3. The molecule has 0 atom stereocenters. The minimum atomic E-state index is 0.636. The second-order valence-corrected chi connectivity index (χ2v) is 15.7. The fraction of sp³-hybridized carbons (Fsp3) is 0. The van der Waals surface area contributed by atoms with Crippen LogP contribution >= 0.6 is 22.6 Å². The molecule has 6 heteroatoms. The molecule has 4 aromatic heterocycles. The SMILES string of the molecule is Ic1c(-c2ccccc2)nc(-c2ccccc2-n2c3ccccc3c3cc4oc5ccccc5c4cc32)nc1-c1cc(-c2ccccc2)c2c(c1)oc1ccccc12. The summed E-state index contributed by atoms with van der Waals surface area (Å²) in [6.45, 7) is 0. The largest absolute Gasteiger partial charge is 0.456 e. The van der Waals surface area contributed by atoms with Gasteiger partial charge in [0.2, 0.25) is 0 Å². The smallest absolute Gasteiger partial charge is 0.162 e. The van der Waals surface area contributed by atoms with Gasteiger partial charge in [-0.3, -0.25) is 0 Å². The quantitative estimate of drug-likeness (QED) is 0.162. The molecule has 0 radical (unpaired) electrons. The Hall–Kier alpha value is -7.03. The fourth-order valence-electron chi connectivity index (χ4n) is 8.69. The zero-order chi connectivity index (χ0) is 38.3. The summed E-state index contributed by atoms with van der Waals surface area (Å²) in [6.07, 6.45) is 0. The number of rotatable bonds is 5. The molecule has 0 fully saturated rings. The lowest BCUT2D eigenvalue weighted by Gasteiger charge is -2.17. The first-order chi connectivity index (χ1) is 28.7. The van der Waals surface area contributed by atoms with Crippen LogP contribution in [-0.2, 0) is 0 Å². The summed E-state index contributed by atoms with van der Waals surface area (Å²) >= 11 is 2.44. The maximum Gasteiger partial charge on any atom is 0.162 e. The van der Waals surface area contributed by atoms with Crippen molar-refractivity contribution in [3.05, 3.63) is 186 Å². The van der Waals surface area contributed by atoms with E-state index in [0.29, 0.717) is 5.82 Å². The van der Waals surface area contributed by atoms with Crippen LogP contribution < -0.4 is 0 Å². The molecule has 12 aromatic rings. The normalized spacial score (nSPS) is 11.9. The highest BCUT2D eigenvalue weighted by atomic mass is 127. The van der Waals surface area contributed by atoms with Gasteiger partial charge < -0.3 is 13.4 Å². The van der Waals surface area contributed by atoms with E-state index in [9.17, 15) is 0 Å². The molecule has 0 saturated carbocycles. The van der Waals surface area contributed by atoms with Crippen molar-refractivity contribution in [2.24, 2.45) is 0 Å². The molecule has 0 amide bonds. The van der Waals surface area contributed by atoms with Crippen LogP contribution in [0.5, 0.6) is 0 Å². The van der Waals surface area contributed by atoms with E-state index in [4.69, 9.17) is 18.8 Å². The summed E-state index contributed by atoms with van der Waals surface area (Å²) in [5.74, 6) is 0.636. The number of furan rings is 2. The number of fused-ring (bicyclic) bond motifs is 9. The highest BCUT2D eigenvalue weighted by Gasteiger charge is 2.24. The van der Waals surface area contributed by atoms with Crippen LogP contribution in [0, 0.1) is 3.57 Å². The topological polar surface area (TPSA) is 57.0 Å². The van der Waals surface area contributed by atoms with Crippen molar-refractivity contribution in [2.45, 2.75) is 0 Å². The zero-order valence-corrected chi connectivity index (χ0v) is 33.0. The second kappa shape index (κ2) is 13.0. The first kappa shape index (κ1) is 33.1. The van der Waals surface area contributed by atoms with Gasteiger partial charge in [0, 0.05) is 49.0 Å². The Morgan fingerprint density at radius 3 is 1.79 bits per heavy atom. The third-order valence-electron chi connectivity index (χ3n) is 11.3. The summed E-state index contributed by atoms with van der Waals surface area (Å²) in [4.78, 5) is 10.9. The van der Waals surface area contributed by atoms with Crippen LogP contribution in [-0.4, -0.2) is 14.5 Å². The minimum Gasteiger partial charge on any atom is -0.456 e. The molecule has 12 rings (SSSR count). The van der Waals surface area contributed by atoms with Crippen LogP contribution in [0.4, 0.5) is 0 Å². The molecular formula is C52H30IN3O2. The summed E-state index contributed by atoms with van der Waals surface area (Å²) in [7, 11) is 0. The van der Waals surface area contributed by atoms with Crippen LogP contribution in [0.2, 0.25) is 0 Å². The number of hydrogen-bond acceptors (Lipinski definition) is 4. The van der Waals surface area contributed by atoms with Crippen LogP contribution in [0.3, 0.4) is 0 Å². The van der Waals surface area contributed by atoms with E-state index in [1.165, 1.54) is 0 Å². The first-order valence-electron chi connectivity index (χ1n) is 19.3. The molecule has 5 nitrogen and oxygen atoms in total. The van der Waals surface area contributed by atoms with Crippen LogP contribution in [0.25, 0.3) is 116 Å². The Labute approximate surface area is 346 Å². The van der Waals surface area contributed by atoms with E-state index < -0.39 is 0 Å². The molecule has 272 valence electrons. The molecule has 58 heavy (non-hydrogen) atoms. The molecule has 0 N–H and O–H groups in total. The lowest BCUT2D eigenvalue weighted by atomic mass is 9.95. The molecule has 8 aromatic carbocycles. The van der Waals surface area contributed by atoms with Crippen molar-refractivity contribution in [2.75, 3.05) is 0 Å². The predicted octanol–water partition coefficient (Wildman–Crippen LogP) is 14.6. The number of para-hydroxylation sites is 4. The Balaban J connectivity index is 1.14. The molecule has 0 aliphatic heterocycles. The van der Waals surface area contributed by atoms with Crippen LogP contribution in [0.1, 0.15) is 0 Å². The maximum absolute atomic E-state index is 6.59.